The van der Waals surface area contributed by atoms with E-state index in [1.54, 1.807) is 17.0 Å². The zero-order valence-corrected chi connectivity index (χ0v) is 17.2. The van der Waals surface area contributed by atoms with Crippen molar-refractivity contribution in [2.24, 2.45) is 0 Å². The molecule has 0 bridgehead atoms. The lowest BCUT2D eigenvalue weighted by molar-refractivity contribution is 0.0984. The number of halogens is 2. The number of carbonyl (C=O) groups excluding carboxylic acids is 1. The Kier molecular flexibility index (Phi) is 6.00. The number of anilines is 1. The third-order valence-electron chi connectivity index (χ3n) is 6.54. The van der Waals surface area contributed by atoms with Crippen molar-refractivity contribution < 1.29 is 13.6 Å². The van der Waals surface area contributed by atoms with E-state index in [4.69, 9.17) is 0 Å². The number of rotatable bonds is 5. The number of likely N-dealkylation sites (tertiary alicyclic amines) is 1. The van der Waals surface area contributed by atoms with E-state index in [0.29, 0.717) is 12.1 Å². The van der Waals surface area contributed by atoms with Crippen molar-refractivity contribution in [1.29, 1.82) is 0 Å². The third-order valence-corrected chi connectivity index (χ3v) is 6.54. The molecular formula is C25H28F2N2O. The van der Waals surface area contributed by atoms with Crippen LogP contribution in [0.1, 0.15) is 48.0 Å². The minimum absolute atomic E-state index is 0.160. The standard InChI is InChI=1S/C25H28F2N2O/c1-2-3-4-14-28-15-5-12-25(13-16-28)18-29(23-11-10-21(27)17-22(23)25)24(30)19-6-8-20(26)9-7-19/h2,6-11,17H,1,3-5,12-16,18H2. The first-order valence-electron chi connectivity index (χ1n) is 10.7. The van der Waals surface area contributed by atoms with Crippen LogP contribution >= 0.6 is 0 Å². The number of benzene rings is 2. The lowest BCUT2D eigenvalue weighted by atomic mass is 9.76. The number of amides is 1. The van der Waals surface area contributed by atoms with E-state index in [2.05, 4.69) is 11.5 Å². The fourth-order valence-corrected chi connectivity index (χ4v) is 4.93. The minimum atomic E-state index is -0.368. The Hall–Kier alpha value is -2.53. The van der Waals surface area contributed by atoms with Crippen molar-refractivity contribution in [2.45, 2.75) is 37.5 Å². The highest BCUT2D eigenvalue weighted by atomic mass is 19.1. The van der Waals surface area contributed by atoms with Crippen LogP contribution in [0.25, 0.3) is 0 Å². The fraction of sp³-hybridized carbons (Fsp3) is 0.400. The van der Waals surface area contributed by atoms with Crippen molar-refractivity contribution in [1.82, 2.24) is 4.90 Å². The summed E-state index contributed by atoms with van der Waals surface area (Å²) >= 11 is 0. The number of carbonyl (C=O) groups is 1. The molecule has 1 atom stereocenters. The Morgan fingerprint density at radius 3 is 2.60 bits per heavy atom. The van der Waals surface area contributed by atoms with Gasteiger partial charge in [0.25, 0.3) is 5.91 Å². The Morgan fingerprint density at radius 2 is 1.83 bits per heavy atom. The number of allylic oxidation sites excluding steroid dienone is 1. The van der Waals surface area contributed by atoms with Gasteiger partial charge in [-0.3, -0.25) is 4.79 Å². The van der Waals surface area contributed by atoms with Gasteiger partial charge in [0.2, 0.25) is 0 Å². The van der Waals surface area contributed by atoms with Crippen molar-refractivity contribution in [3.05, 3.63) is 77.9 Å². The van der Waals surface area contributed by atoms with E-state index in [1.165, 1.54) is 30.3 Å². The average molecular weight is 411 g/mol. The van der Waals surface area contributed by atoms with Gasteiger partial charge < -0.3 is 9.80 Å². The normalized spacial score (nSPS) is 21.5. The fourth-order valence-electron chi connectivity index (χ4n) is 4.93. The molecule has 5 heteroatoms. The van der Waals surface area contributed by atoms with Crippen LogP contribution in [-0.2, 0) is 5.41 Å². The molecule has 2 aromatic rings. The highest BCUT2D eigenvalue weighted by Gasteiger charge is 2.45. The van der Waals surface area contributed by atoms with E-state index in [9.17, 15) is 13.6 Å². The highest BCUT2D eigenvalue weighted by Crippen LogP contribution is 2.47. The molecule has 0 aromatic heterocycles. The Bertz CT molecular complexity index is 927. The van der Waals surface area contributed by atoms with Crippen molar-refractivity contribution >= 4 is 11.6 Å². The molecule has 1 unspecified atom stereocenters. The summed E-state index contributed by atoms with van der Waals surface area (Å²) in [4.78, 5) is 17.5. The second kappa shape index (κ2) is 8.68. The van der Waals surface area contributed by atoms with Crippen LogP contribution in [0, 0.1) is 11.6 Å². The average Bonchev–Trinajstić information content (AvgIpc) is 2.90. The largest absolute Gasteiger partial charge is 0.307 e. The smallest absolute Gasteiger partial charge is 0.258 e. The molecule has 1 saturated heterocycles. The number of nitrogens with zero attached hydrogens (tertiary/aromatic N) is 2. The van der Waals surface area contributed by atoms with Crippen LogP contribution in [0.2, 0.25) is 0 Å². The molecule has 1 amide bonds. The van der Waals surface area contributed by atoms with Crippen LogP contribution in [0.4, 0.5) is 14.5 Å². The molecule has 2 heterocycles. The van der Waals surface area contributed by atoms with Gasteiger partial charge in [-0.15, -0.1) is 6.58 Å². The molecule has 0 radical (unpaired) electrons. The molecule has 2 aliphatic heterocycles. The second-order valence-electron chi connectivity index (χ2n) is 8.47. The summed E-state index contributed by atoms with van der Waals surface area (Å²) < 4.78 is 27.5. The van der Waals surface area contributed by atoms with Crippen LogP contribution in [0.15, 0.2) is 55.1 Å². The summed E-state index contributed by atoms with van der Waals surface area (Å²) in [7, 11) is 0. The zero-order chi connectivity index (χ0) is 21.1. The molecule has 2 aliphatic rings. The molecule has 0 N–H and O–H groups in total. The molecule has 1 spiro atoms. The molecular weight excluding hydrogens is 382 g/mol. The molecule has 3 nitrogen and oxygen atoms in total. The summed E-state index contributed by atoms with van der Waals surface area (Å²) in [5.74, 6) is -0.796. The van der Waals surface area contributed by atoms with Gasteiger partial charge in [-0.2, -0.15) is 0 Å². The first-order valence-corrected chi connectivity index (χ1v) is 10.7. The Morgan fingerprint density at radius 1 is 1.07 bits per heavy atom. The summed E-state index contributed by atoms with van der Waals surface area (Å²) in [6.07, 6.45) is 6.89. The van der Waals surface area contributed by atoms with Gasteiger partial charge >= 0.3 is 0 Å². The van der Waals surface area contributed by atoms with Crippen LogP contribution < -0.4 is 4.90 Å². The van der Waals surface area contributed by atoms with Gasteiger partial charge in [-0.25, -0.2) is 8.78 Å². The maximum atomic E-state index is 14.2. The zero-order valence-electron chi connectivity index (χ0n) is 17.2. The number of unbranched alkanes of at least 4 members (excludes halogenated alkanes) is 1. The van der Waals surface area contributed by atoms with E-state index >= 15 is 0 Å². The maximum absolute atomic E-state index is 14.2. The molecule has 158 valence electrons. The molecule has 2 aromatic carbocycles. The van der Waals surface area contributed by atoms with Crippen LogP contribution in [0.3, 0.4) is 0 Å². The first kappa shape index (κ1) is 20.7. The van der Waals surface area contributed by atoms with E-state index < -0.39 is 0 Å². The Balaban J connectivity index is 1.61. The molecule has 1 fully saturated rings. The minimum Gasteiger partial charge on any atom is -0.307 e. The molecule has 30 heavy (non-hydrogen) atoms. The number of hydrogen-bond acceptors (Lipinski definition) is 2. The second-order valence-corrected chi connectivity index (χ2v) is 8.47. The predicted octanol–water partition coefficient (Wildman–Crippen LogP) is 5.32. The molecule has 0 aliphatic carbocycles. The molecule has 0 saturated carbocycles. The third kappa shape index (κ3) is 4.04. The summed E-state index contributed by atoms with van der Waals surface area (Å²) in [6.45, 7) is 7.34. The SMILES string of the molecule is C=CCCCN1CCCC2(CC1)CN(C(=O)c1ccc(F)cc1)c1ccc(F)cc12. The lowest BCUT2D eigenvalue weighted by Crippen LogP contribution is -2.38. The summed E-state index contributed by atoms with van der Waals surface area (Å²) in [6, 6.07) is 10.4. The van der Waals surface area contributed by atoms with Crippen LogP contribution in [0.5, 0.6) is 0 Å². The lowest BCUT2D eigenvalue weighted by Gasteiger charge is -2.29. The quantitative estimate of drug-likeness (QED) is 0.492. The van der Waals surface area contributed by atoms with Gasteiger partial charge in [0.05, 0.1) is 0 Å². The predicted molar refractivity (Wildman–Crippen MR) is 116 cm³/mol. The summed E-state index contributed by atoms with van der Waals surface area (Å²) in [5, 5.41) is 0. The Labute approximate surface area is 177 Å². The van der Waals surface area contributed by atoms with Gasteiger partial charge in [0.1, 0.15) is 11.6 Å². The maximum Gasteiger partial charge on any atom is 0.258 e. The van der Waals surface area contributed by atoms with E-state index in [-0.39, 0.29) is 23.0 Å². The van der Waals surface area contributed by atoms with Gasteiger partial charge in [0.15, 0.2) is 0 Å². The monoisotopic (exact) mass is 410 g/mol. The summed E-state index contributed by atoms with van der Waals surface area (Å²) in [5.41, 5.74) is 1.93. The molecule has 4 rings (SSSR count). The number of fused-ring (bicyclic) bond motifs is 2. The van der Waals surface area contributed by atoms with Crippen molar-refractivity contribution in [3.63, 3.8) is 0 Å². The number of hydrogen-bond donors (Lipinski definition) is 0. The van der Waals surface area contributed by atoms with Gasteiger partial charge in [-0.1, -0.05) is 6.08 Å². The first-order chi connectivity index (χ1) is 14.5. The van der Waals surface area contributed by atoms with Crippen molar-refractivity contribution in [3.8, 4) is 0 Å². The van der Waals surface area contributed by atoms with Gasteiger partial charge in [0, 0.05) is 23.2 Å². The highest BCUT2D eigenvalue weighted by molar-refractivity contribution is 6.07. The van der Waals surface area contributed by atoms with E-state index in [1.807, 2.05) is 6.08 Å². The van der Waals surface area contributed by atoms with Crippen LogP contribution in [-0.4, -0.2) is 37.0 Å². The van der Waals surface area contributed by atoms with E-state index in [0.717, 1.165) is 63.0 Å². The van der Waals surface area contributed by atoms with Crippen molar-refractivity contribution in [2.75, 3.05) is 31.1 Å². The topological polar surface area (TPSA) is 23.6 Å². The van der Waals surface area contributed by atoms with Gasteiger partial charge in [-0.05, 0) is 99.8 Å².